The Morgan fingerprint density at radius 3 is 1.48 bits per heavy atom. The molecule has 8 rings (SSSR count). The monoisotopic (exact) mass is 698 g/mol. The molecule has 2 aliphatic carbocycles. The van der Waals surface area contributed by atoms with Crippen LogP contribution in [0.25, 0.3) is 21.8 Å². The molecule has 4 unspecified atom stereocenters. The molecule has 52 heavy (non-hydrogen) atoms. The molecule has 0 spiro atoms. The van der Waals surface area contributed by atoms with E-state index in [9.17, 15) is 19.2 Å². The molecule has 12 heteroatoms. The van der Waals surface area contributed by atoms with E-state index in [-0.39, 0.29) is 24.4 Å². The molecule has 4 aromatic heterocycles. The predicted molar refractivity (Wildman–Crippen MR) is 191 cm³/mol. The number of Topliss-reactive ketones (excluding diaryl/α,β-unsaturated/α-hetero) is 2. The second-order valence-electron chi connectivity index (χ2n) is 13.7. The standard InChI is InChI=1S/C40H38N6O6/c1-23-41-15-17-45(23)21-25-19-31(37-35(39(25)49)27-9-5-7-11-29(27)43(37)3)51-33(47)13-14-34(48)52-32-20-26(22-46-18-16-42-24(46)2)40(50)36-28-10-6-8-12-30(28)44(4)38(32)36/h5-18,25-26,31-32H,19-22H2,1-4H3/b14-13-. The molecule has 4 heterocycles. The average Bonchev–Trinajstić information content (AvgIpc) is 3.89. The Bertz CT molecular complexity index is 2270. The number of imidazole rings is 2. The van der Waals surface area contributed by atoms with Gasteiger partial charge in [-0.3, -0.25) is 9.59 Å². The highest BCUT2D eigenvalue weighted by Gasteiger charge is 2.41. The third kappa shape index (κ3) is 5.55. The number of aryl methyl sites for hydroxylation is 4. The van der Waals surface area contributed by atoms with Gasteiger partial charge >= 0.3 is 11.9 Å². The Morgan fingerprint density at radius 2 is 1.10 bits per heavy atom. The van der Waals surface area contributed by atoms with E-state index >= 15 is 0 Å². The van der Waals surface area contributed by atoms with E-state index in [0.29, 0.717) is 35.6 Å². The highest BCUT2D eigenvalue weighted by Crippen LogP contribution is 2.43. The van der Waals surface area contributed by atoms with Gasteiger partial charge in [0.1, 0.15) is 23.9 Å². The first-order valence-corrected chi connectivity index (χ1v) is 17.4. The summed E-state index contributed by atoms with van der Waals surface area (Å²) in [5.74, 6) is -0.828. The molecule has 0 radical (unpaired) electrons. The Balaban J connectivity index is 1.04. The number of para-hydroxylation sites is 2. The zero-order valence-corrected chi connectivity index (χ0v) is 29.4. The fourth-order valence-corrected chi connectivity index (χ4v) is 8.15. The normalized spacial score (nSPS) is 20.1. The molecule has 12 nitrogen and oxygen atoms in total. The summed E-state index contributed by atoms with van der Waals surface area (Å²) in [5.41, 5.74) is 4.07. The van der Waals surface area contributed by atoms with Crippen molar-refractivity contribution in [3.05, 3.63) is 120 Å². The summed E-state index contributed by atoms with van der Waals surface area (Å²) in [6, 6.07) is 15.3. The highest BCUT2D eigenvalue weighted by molar-refractivity contribution is 6.12. The number of rotatable bonds is 8. The third-order valence-electron chi connectivity index (χ3n) is 10.7. The number of hydrogen-bond acceptors (Lipinski definition) is 8. The first kappa shape index (κ1) is 33.1. The van der Waals surface area contributed by atoms with Crippen LogP contribution in [0.5, 0.6) is 0 Å². The molecule has 2 aliphatic rings. The zero-order chi connectivity index (χ0) is 36.3. The lowest BCUT2D eigenvalue weighted by atomic mass is 9.83. The van der Waals surface area contributed by atoms with Crippen molar-refractivity contribution in [3.8, 4) is 0 Å². The van der Waals surface area contributed by atoms with E-state index in [1.54, 1.807) is 12.4 Å². The molecule has 0 saturated heterocycles. The van der Waals surface area contributed by atoms with Crippen molar-refractivity contribution in [1.29, 1.82) is 0 Å². The number of esters is 2. The molecule has 0 amide bonds. The van der Waals surface area contributed by atoms with Crippen LogP contribution >= 0.6 is 0 Å². The van der Waals surface area contributed by atoms with Crippen LogP contribution in [0, 0.1) is 25.7 Å². The van der Waals surface area contributed by atoms with Gasteiger partial charge in [-0.25, -0.2) is 19.6 Å². The molecule has 2 aromatic carbocycles. The molecule has 0 N–H and O–H groups in total. The fourth-order valence-electron chi connectivity index (χ4n) is 8.15. The Labute approximate surface area is 299 Å². The van der Waals surface area contributed by atoms with Crippen molar-refractivity contribution in [2.24, 2.45) is 25.9 Å². The van der Waals surface area contributed by atoms with Gasteiger partial charge in [-0.05, 0) is 26.0 Å². The number of carbonyl (C=O) groups is 4. The van der Waals surface area contributed by atoms with E-state index in [2.05, 4.69) is 9.97 Å². The van der Waals surface area contributed by atoms with Crippen LogP contribution in [0.2, 0.25) is 0 Å². The number of nitrogens with zero attached hydrogens (tertiary/aromatic N) is 6. The number of ether oxygens (including phenoxy) is 2. The van der Waals surface area contributed by atoms with Crippen LogP contribution < -0.4 is 0 Å². The van der Waals surface area contributed by atoms with Gasteiger partial charge in [0.05, 0.1) is 22.5 Å². The lowest BCUT2D eigenvalue weighted by molar-refractivity contribution is -0.147. The summed E-state index contributed by atoms with van der Waals surface area (Å²) in [6.07, 6.45) is 8.27. The van der Waals surface area contributed by atoms with E-state index < -0.39 is 36.0 Å². The minimum Gasteiger partial charge on any atom is -0.453 e. The topological polar surface area (TPSA) is 132 Å². The number of fused-ring (bicyclic) bond motifs is 6. The highest BCUT2D eigenvalue weighted by atomic mass is 16.5. The molecule has 0 saturated carbocycles. The number of ketones is 2. The maximum atomic E-state index is 13.9. The summed E-state index contributed by atoms with van der Waals surface area (Å²) in [5, 5.41) is 1.61. The summed E-state index contributed by atoms with van der Waals surface area (Å²) < 4.78 is 19.7. The van der Waals surface area contributed by atoms with Crippen LogP contribution in [0.3, 0.4) is 0 Å². The SMILES string of the molecule is Cc1nccn1CC1CC(OC(=O)/C=C\C(=O)OC2CC(Cn3ccnc3C)C(=O)c3c2n(C)c2ccccc32)c2c(c3ccccc3n2C)C1=O. The van der Waals surface area contributed by atoms with Gasteiger partial charge in [-0.1, -0.05) is 36.4 Å². The van der Waals surface area contributed by atoms with Crippen molar-refractivity contribution >= 4 is 45.3 Å². The van der Waals surface area contributed by atoms with Crippen LogP contribution in [0.15, 0.2) is 85.5 Å². The minimum absolute atomic E-state index is 0.00788. The maximum absolute atomic E-state index is 13.9. The molecule has 0 bridgehead atoms. The van der Waals surface area contributed by atoms with Gasteiger partial charge in [-0.15, -0.1) is 0 Å². The predicted octanol–water partition coefficient (Wildman–Crippen LogP) is 5.91. The van der Waals surface area contributed by atoms with E-state index in [1.165, 1.54) is 0 Å². The van der Waals surface area contributed by atoms with Gasteiger partial charge in [0.2, 0.25) is 0 Å². The Morgan fingerprint density at radius 1 is 0.692 bits per heavy atom. The van der Waals surface area contributed by atoms with Crippen molar-refractivity contribution in [3.63, 3.8) is 0 Å². The van der Waals surface area contributed by atoms with Crippen molar-refractivity contribution in [1.82, 2.24) is 28.2 Å². The molecule has 0 fully saturated rings. The van der Waals surface area contributed by atoms with Gasteiger partial charge in [0, 0.05) is 111 Å². The summed E-state index contributed by atoms with van der Waals surface area (Å²) in [6.45, 7) is 4.55. The Kier molecular flexibility index (Phi) is 8.24. The van der Waals surface area contributed by atoms with Crippen molar-refractivity contribution in [2.45, 2.75) is 52.0 Å². The first-order chi connectivity index (χ1) is 25.1. The first-order valence-electron chi connectivity index (χ1n) is 17.4. The second kappa shape index (κ2) is 12.9. The lowest BCUT2D eigenvalue weighted by Crippen LogP contribution is -2.32. The van der Waals surface area contributed by atoms with Gasteiger partial charge in [0.25, 0.3) is 0 Å². The maximum Gasteiger partial charge on any atom is 0.331 e. The van der Waals surface area contributed by atoms with Crippen molar-refractivity contribution < 1.29 is 28.7 Å². The fraction of sp³-hybridized carbons (Fsp3) is 0.300. The van der Waals surface area contributed by atoms with Gasteiger partial charge in [0.15, 0.2) is 11.6 Å². The molecule has 264 valence electrons. The molecule has 4 atom stereocenters. The van der Waals surface area contributed by atoms with Crippen LogP contribution in [-0.4, -0.2) is 51.7 Å². The van der Waals surface area contributed by atoms with Crippen LogP contribution in [0.4, 0.5) is 0 Å². The zero-order valence-electron chi connectivity index (χ0n) is 29.4. The summed E-state index contributed by atoms with van der Waals surface area (Å²) in [7, 11) is 3.72. The third-order valence-corrected chi connectivity index (χ3v) is 10.7. The van der Waals surface area contributed by atoms with E-state index in [0.717, 1.165) is 45.6 Å². The number of aromatic nitrogens is 6. The largest absolute Gasteiger partial charge is 0.453 e. The lowest BCUT2D eigenvalue weighted by Gasteiger charge is -2.30. The van der Waals surface area contributed by atoms with E-state index in [1.807, 2.05) is 107 Å². The number of hydrogen-bond donors (Lipinski definition) is 0. The summed E-state index contributed by atoms with van der Waals surface area (Å²) >= 11 is 0. The molecule has 6 aromatic rings. The second-order valence-corrected chi connectivity index (χ2v) is 13.7. The van der Waals surface area contributed by atoms with Crippen molar-refractivity contribution in [2.75, 3.05) is 0 Å². The number of benzene rings is 2. The quantitative estimate of drug-likeness (QED) is 0.142. The van der Waals surface area contributed by atoms with Crippen LogP contribution in [-0.2, 0) is 46.2 Å². The smallest absolute Gasteiger partial charge is 0.331 e. The molecule has 0 aliphatic heterocycles. The molecular weight excluding hydrogens is 660 g/mol. The van der Waals surface area contributed by atoms with Gasteiger partial charge < -0.3 is 27.7 Å². The van der Waals surface area contributed by atoms with Crippen LogP contribution in [0.1, 0.15) is 68.8 Å². The Hall–Kier alpha value is -6.04. The summed E-state index contributed by atoms with van der Waals surface area (Å²) in [4.78, 5) is 63.3. The van der Waals surface area contributed by atoms with E-state index in [4.69, 9.17) is 9.47 Å². The average molecular weight is 699 g/mol. The molecular formula is C40H38N6O6. The minimum atomic E-state index is -0.734. The number of carbonyl (C=O) groups excluding carboxylic acids is 4. The van der Waals surface area contributed by atoms with Gasteiger partial charge in [-0.2, -0.15) is 0 Å².